The smallest absolute Gasteiger partial charge is 0.200 e. The Morgan fingerprint density at radius 2 is 1.83 bits per heavy atom. The molecule has 1 aliphatic heterocycles. The number of fused-ring (bicyclic) bond motifs is 2. The lowest BCUT2D eigenvalue weighted by molar-refractivity contribution is 0.299. The van der Waals surface area contributed by atoms with Crippen LogP contribution in [0.3, 0.4) is 0 Å². The molecule has 24 heavy (non-hydrogen) atoms. The highest BCUT2D eigenvalue weighted by molar-refractivity contribution is 6.31. The molecule has 0 atom stereocenters. The van der Waals surface area contributed by atoms with Gasteiger partial charge in [0.25, 0.3) is 0 Å². The molecule has 0 radical (unpaired) electrons. The highest BCUT2D eigenvalue weighted by Crippen LogP contribution is 2.31. The summed E-state index contributed by atoms with van der Waals surface area (Å²) >= 11 is 6.09. The summed E-state index contributed by atoms with van der Waals surface area (Å²) in [5, 5.41) is 10.2. The number of nitrogens with zero attached hydrogens (tertiary/aromatic N) is 1. The van der Waals surface area contributed by atoms with Crippen LogP contribution in [-0.2, 0) is 19.5 Å². The molecule has 0 saturated heterocycles. The Hall–Kier alpha value is -2.30. The lowest BCUT2D eigenvalue weighted by Crippen LogP contribution is -2.17. The van der Waals surface area contributed by atoms with Crippen LogP contribution in [-0.4, -0.2) is 11.7 Å². The maximum absolute atomic E-state index is 12.5. The maximum Gasteiger partial charge on any atom is 0.200 e. The third kappa shape index (κ3) is 2.58. The first kappa shape index (κ1) is 15.2. The number of aliphatic hydroxyl groups is 1. The zero-order chi connectivity index (χ0) is 16.7. The first-order valence-electron chi connectivity index (χ1n) is 7.84. The molecule has 3 aromatic rings. The number of benzene rings is 2. The first-order chi connectivity index (χ1) is 11.7. The minimum Gasteiger partial charge on any atom is -0.440 e. The number of hydrogen-bond acceptors (Lipinski definition) is 4. The Morgan fingerprint density at radius 3 is 2.50 bits per heavy atom. The highest BCUT2D eigenvalue weighted by Gasteiger charge is 2.22. The van der Waals surface area contributed by atoms with Crippen LogP contribution in [0.15, 0.2) is 51.7 Å². The van der Waals surface area contributed by atoms with Gasteiger partial charge in [0.05, 0.1) is 5.39 Å². The Balaban J connectivity index is 1.82. The van der Waals surface area contributed by atoms with E-state index in [1.54, 1.807) is 12.1 Å². The largest absolute Gasteiger partial charge is 0.440 e. The summed E-state index contributed by atoms with van der Waals surface area (Å²) in [6.45, 7) is 1.40. The Morgan fingerprint density at radius 1 is 1.12 bits per heavy atom. The molecular weight excluding hydrogens is 326 g/mol. The number of rotatable bonds is 3. The highest BCUT2D eigenvalue weighted by atomic mass is 35.5. The van der Waals surface area contributed by atoms with E-state index in [9.17, 15) is 9.90 Å². The third-order valence-electron chi connectivity index (χ3n) is 4.39. The minimum absolute atomic E-state index is 0.0292. The number of anilines is 1. The molecule has 4 rings (SSSR count). The zero-order valence-corrected chi connectivity index (χ0v) is 13.7. The second-order valence-corrected chi connectivity index (χ2v) is 6.43. The molecule has 0 bridgehead atoms. The molecule has 5 heteroatoms. The fraction of sp³-hybridized carbons (Fsp3) is 0.211. The molecule has 0 saturated carbocycles. The SMILES string of the molecule is O=c1cc(N2Cc3ccccc3C2)oc2c(CCO)cc(Cl)cc12. The van der Waals surface area contributed by atoms with Crippen molar-refractivity contribution in [2.75, 3.05) is 11.5 Å². The number of hydrogen-bond donors (Lipinski definition) is 1. The van der Waals surface area contributed by atoms with Gasteiger partial charge in [0, 0.05) is 30.8 Å². The molecule has 4 nitrogen and oxygen atoms in total. The van der Waals surface area contributed by atoms with Crippen molar-refractivity contribution in [3.8, 4) is 0 Å². The lowest BCUT2D eigenvalue weighted by atomic mass is 10.1. The predicted molar refractivity (Wildman–Crippen MR) is 94.6 cm³/mol. The van der Waals surface area contributed by atoms with E-state index in [2.05, 4.69) is 12.1 Å². The molecule has 0 fully saturated rings. The fourth-order valence-electron chi connectivity index (χ4n) is 3.23. The topological polar surface area (TPSA) is 53.7 Å². The van der Waals surface area contributed by atoms with Gasteiger partial charge in [0.2, 0.25) is 5.88 Å². The van der Waals surface area contributed by atoms with Gasteiger partial charge in [-0.05, 0) is 35.2 Å². The van der Waals surface area contributed by atoms with Crippen molar-refractivity contribution in [2.24, 2.45) is 0 Å². The molecule has 0 amide bonds. The minimum atomic E-state index is -0.121. The van der Waals surface area contributed by atoms with Crippen molar-refractivity contribution in [3.63, 3.8) is 0 Å². The van der Waals surface area contributed by atoms with Crippen LogP contribution in [0.2, 0.25) is 5.02 Å². The summed E-state index contributed by atoms with van der Waals surface area (Å²) in [5.41, 5.74) is 3.62. The summed E-state index contributed by atoms with van der Waals surface area (Å²) in [5.74, 6) is 0.546. The van der Waals surface area contributed by atoms with Gasteiger partial charge >= 0.3 is 0 Å². The molecule has 1 aliphatic rings. The maximum atomic E-state index is 12.5. The average molecular weight is 342 g/mol. The van der Waals surface area contributed by atoms with Crippen LogP contribution >= 0.6 is 11.6 Å². The summed E-state index contributed by atoms with van der Waals surface area (Å²) in [4.78, 5) is 14.6. The Labute approximate surface area is 143 Å². The van der Waals surface area contributed by atoms with E-state index in [0.717, 1.165) is 5.56 Å². The van der Waals surface area contributed by atoms with Crippen molar-refractivity contribution >= 4 is 28.5 Å². The van der Waals surface area contributed by atoms with E-state index in [1.807, 2.05) is 17.0 Å². The van der Waals surface area contributed by atoms with Crippen molar-refractivity contribution in [1.82, 2.24) is 0 Å². The van der Waals surface area contributed by atoms with E-state index in [-0.39, 0.29) is 12.0 Å². The van der Waals surface area contributed by atoms with Crippen LogP contribution in [0.1, 0.15) is 16.7 Å². The second kappa shape index (κ2) is 5.96. The van der Waals surface area contributed by atoms with Crippen LogP contribution in [0.25, 0.3) is 11.0 Å². The fourth-order valence-corrected chi connectivity index (χ4v) is 3.47. The van der Waals surface area contributed by atoms with E-state index in [0.29, 0.717) is 41.4 Å². The summed E-state index contributed by atoms with van der Waals surface area (Å²) in [6, 6.07) is 13.1. The lowest BCUT2D eigenvalue weighted by Gasteiger charge is -2.17. The summed E-state index contributed by atoms with van der Waals surface area (Å²) in [6.07, 6.45) is 0.393. The van der Waals surface area contributed by atoms with E-state index >= 15 is 0 Å². The van der Waals surface area contributed by atoms with E-state index < -0.39 is 0 Å². The van der Waals surface area contributed by atoms with Gasteiger partial charge in [-0.2, -0.15) is 0 Å². The van der Waals surface area contributed by atoms with Gasteiger partial charge in [0.1, 0.15) is 5.58 Å². The van der Waals surface area contributed by atoms with Gasteiger partial charge in [0.15, 0.2) is 5.43 Å². The second-order valence-electron chi connectivity index (χ2n) is 5.99. The molecule has 1 N–H and O–H groups in total. The molecule has 0 unspecified atom stereocenters. The molecular formula is C19H16ClNO3. The van der Waals surface area contributed by atoms with Gasteiger partial charge in [-0.25, -0.2) is 0 Å². The molecule has 2 heterocycles. The quantitative estimate of drug-likeness (QED) is 0.792. The van der Waals surface area contributed by atoms with Crippen LogP contribution in [0.4, 0.5) is 5.88 Å². The van der Waals surface area contributed by atoms with Crippen molar-refractivity contribution < 1.29 is 9.52 Å². The average Bonchev–Trinajstić information content (AvgIpc) is 3.00. The standard InChI is InChI=1S/C19H16ClNO3/c20-15-7-12(5-6-22)19-16(8-15)17(23)9-18(24-19)21-10-13-3-1-2-4-14(13)11-21/h1-4,7-9,22H,5-6,10-11H2. The van der Waals surface area contributed by atoms with Crippen molar-refractivity contribution in [2.45, 2.75) is 19.5 Å². The van der Waals surface area contributed by atoms with Gasteiger partial charge in [-0.1, -0.05) is 35.9 Å². The van der Waals surface area contributed by atoms with Crippen LogP contribution in [0.5, 0.6) is 0 Å². The Bertz CT molecular complexity index is 955. The molecule has 0 aliphatic carbocycles. The van der Waals surface area contributed by atoms with Gasteiger partial charge in [-0.15, -0.1) is 0 Å². The molecule has 122 valence electrons. The van der Waals surface area contributed by atoms with Crippen molar-refractivity contribution in [1.29, 1.82) is 0 Å². The summed E-state index contributed by atoms with van der Waals surface area (Å²) in [7, 11) is 0. The third-order valence-corrected chi connectivity index (χ3v) is 4.61. The number of aliphatic hydroxyl groups excluding tert-OH is 1. The zero-order valence-electron chi connectivity index (χ0n) is 13.0. The predicted octanol–water partition coefficient (Wildman–Crippen LogP) is 3.50. The van der Waals surface area contributed by atoms with Crippen LogP contribution in [0, 0.1) is 0 Å². The van der Waals surface area contributed by atoms with Gasteiger partial charge in [-0.3, -0.25) is 4.79 Å². The molecule has 1 aromatic heterocycles. The van der Waals surface area contributed by atoms with E-state index in [4.69, 9.17) is 16.0 Å². The van der Waals surface area contributed by atoms with Gasteiger partial charge < -0.3 is 14.4 Å². The normalized spacial score (nSPS) is 13.5. The molecule has 2 aromatic carbocycles. The van der Waals surface area contributed by atoms with Crippen molar-refractivity contribution in [3.05, 3.63) is 74.4 Å². The monoisotopic (exact) mass is 341 g/mol. The number of halogens is 1. The summed E-state index contributed by atoms with van der Waals surface area (Å²) < 4.78 is 6.05. The van der Waals surface area contributed by atoms with Crippen LogP contribution < -0.4 is 10.3 Å². The van der Waals surface area contributed by atoms with E-state index in [1.165, 1.54) is 17.2 Å². The first-order valence-corrected chi connectivity index (χ1v) is 8.22. The Kier molecular flexibility index (Phi) is 3.79. The molecule has 0 spiro atoms.